The van der Waals surface area contributed by atoms with Crippen LogP contribution in [-0.4, -0.2) is 38.5 Å². The molecule has 0 saturated carbocycles. The first-order chi connectivity index (χ1) is 6.14. The molecule has 0 radical (unpaired) electrons. The van der Waals surface area contributed by atoms with Gasteiger partial charge in [-0.25, -0.2) is 0 Å². The molecule has 1 fully saturated rings. The molecule has 3 heteroatoms. The zero-order valence-electron chi connectivity index (χ0n) is 8.93. The molecule has 1 unspecified atom stereocenters. The summed E-state index contributed by atoms with van der Waals surface area (Å²) in [6.07, 6.45) is 2.39. The molecular formula is C10H21NO2. The fraction of sp³-hybridized carbons (Fsp3) is 1.00. The molecule has 1 aliphatic rings. The molecule has 0 bridgehead atoms. The molecule has 1 saturated heterocycles. The monoisotopic (exact) mass is 187 g/mol. The SMILES string of the molecule is COC(C)(C)CNC1CCCOC1. The van der Waals surface area contributed by atoms with E-state index in [9.17, 15) is 0 Å². The van der Waals surface area contributed by atoms with Crippen molar-refractivity contribution < 1.29 is 9.47 Å². The number of rotatable bonds is 4. The van der Waals surface area contributed by atoms with Gasteiger partial charge in [0.2, 0.25) is 0 Å². The highest BCUT2D eigenvalue weighted by molar-refractivity contribution is 4.77. The highest BCUT2D eigenvalue weighted by atomic mass is 16.5. The molecule has 1 heterocycles. The second kappa shape index (κ2) is 4.94. The Hall–Kier alpha value is -0.120. The van der Waals surface area contributed by atoms with Crippen molar-refractivity contribution in [1.82, 2.24) is 5.32 Å². The number of methoxy groups -OCH3 is 1. The van der Waals surface area contributed by atoms with E-state index in [-0.39, 0.29) is 5.60 Å². The van der Waals surface area contributed by atoms with E-state index in [1.807, 2.05) is 0 Å². The van der Waals surface area contributed by atoms with Gasteiger partial charge in [-0.3, -0.25) is 0 Å². The van der Waals surface area contributed by atoms with Crippen LogP contribution in [0.1, 0.15) is 26.7 Å². The maximum absolute atomic E-state index is 5.38. The Kier molecular flexibility index (Phi) is 4.16. The Bertz CT molecular complexity index is 142. The maximum atomic E-state index is 5.38. The first kappa shape index (κ1) is 11.0. The normalized spacial score (nSPS) is 24.7. The van der Waals surface area contributed by atoms with Crippen LogP contribution in [0.2, 0.25) is 0 Å². The third kappa shape index (κ3) is 4.07. The Morgan fingerprint density at radius 3 is 2.85 bits per heavy atom. The van der Waals surface area contributed by atoms with E-state index in [1.54, 1.807) is 7.11 Å². The van der Waals surface area contributed by atoms with Gasteiger partial charge in [-0.15, -0.1) is 0 Å². The zero-order valence-corrected chi connectivity index (χ0v) is 8.93. The van der Waals surface area contributed by atoms with Crippen molar-refractivity contribution >= 4 is 0 Å². The lowest BCUT2D eigenvalue weighted by Gasteiger charge is -2.29. The van der Waals surface area contributed by atoms with Crippen molar-refractivity contribution in [3.05, 3.63) is 0 Å². The fourth-order valence-corrected chi connectivity index (χ4v) is 1.36. The van der Waals surface area contributed by atoms with Crippen LogP contribution in [0.4, 0.5) is 0 Å². The van der Waals surface area contributed by atoms with Crippen LogP contribution < -0.4 is 5.32 Å². The number of ether oxygens (including phenoxy) is 2. The summed E-state index contributed by atoms with van der Waals surface area (Å²) in [6, 6.07) is 0.517. The number of hydrogen-bond donors (Lipinski definition) is 1. The standard InChI is InChI=1S/C10H21NO2/c1-10(2,12-3)8-11-9-5-4-6-13-7-9/h9,11H,4-8H2,1-3H3. The summed E-state index contributed by atoms with van der Waals surface area (Å²) in [5, 5.41) is 3.46. The quantitative estimate of drug-likeness (QED) is 0.717. The molecule has 0 aliphatic carbocycles. The molecule has 0 spiro atoms. The molecule has 78 valence electrons. The van der Waals surface area contributed by atoms with Gasteiger partial charge in [0.1, 0.15) is 0 Å². The summed E-state index contributed by atoms with van der Waals surface area (Å²) in [5.41, 5.74) is -0.0720. The Morgan fingerprint density at radius 1 is 1.54 bits per heavy atom. The predicted molar refractivity (Wildman–Crippen MR) is 52.9 cm³/mol. The van der Waals surface area contributed by atoms with Gasteiger partial charge < -0.3 is 14.8 Å². The second-order valence-electron chi connectivity index (χ2n) is 4.26. The van der Waals surface area contributed by atoms with Crippen LogP contribution in [0.5, 0.6) is 0 Å². The van der Waals surface area contributed by atoms with Crippen LogP contribution >= 0.6 is 0 Å². The minimum Gasteiger partial charge on any atom is -0.380 e. The average molecular weight is 187 g/mol. The predicted octanol–water partition coefficient (Wildman–Crippen LogP) is 1.18. The van der Waals surface area contributed by atoms with Crippen LogP contribution in [-0.2, 0) is 9.47 Å². The average Bonchev–Trinajstić information content (AvgIpc) is 2.17. The first-order valence-corrected chi connectivity index (χ1v) is 5.00. The third-order valence-electron chi connectivity index (χ3n) is 2.53. The van der Waals surface area contributed by atoms with E-state index in [0.29, 0.717) is 6.04 Å². The van der Waals surface area contributed by atoms with Gasteiger partial charge in [0.25, 0.3) is 0 Å². The van der Waals surface area contributed by atoms with Crippen molar-refractivity contribution in [2.75, 3.05) is 26.9 Å². The van der Waals surface area contributed by atoms with E-state index in [4.69, 9.17) is 9.47 Å². The molecule has 0 aromatic heterocycles. The lowest BCUT2D eigenvalue weighted by atomic mass is 10.1. The van der Waals surface area contributed by atoms with Crippen LogP contribution in [0.25, 0.3) is 0 Å². The second-order valence-corrected chi connectivity index (χ2v) is 4.26. The fourth-order valence-electron chi connectivity index (χ4n) is 1.36. The van der Waals surface area contributed by atoms with Crippen LogP contribution in [0, 0.1) is 0 Å². The van der Waals surface area contributed by atoms with Gasteiger partial charge >= 0.3 is 0 Å². The van der Waals surface area contributed by atoms with Gasteiger partial charge in [-0.2, -0.15) is 0 Å². The number of hydrogen-bond acceptors (Lipinski definition) is 3. The van der Waals surface area contributed by atoms with Gasteiger partial charge in [0.15, 0.2) is 0 Å². The van der Waals surface area contributed by atoms with Crippen molar-refractivity contribution in [3.8, 4) is 0 Å². The van der Waals surface area contributed by atoms with Gasteiger partial charge in [0.05, 0.1) is 12.2 Å². The largest absolute Gasteiger partial charge is 0.380 e. The molecule has 0 amide bonds. The summed E-state index contributed by atoms with van der Waals surface area (Å²) >= 11 is 0. The van der Waals surface area contributed by atoms with E-state index in [1.165, 1.54) is 12.8 Å². The van der Waals surface area contributed by atoms with Crippen molar-refractivity contribution in [3.63, 3.8) is 0 Å². The van der Waals surface area contributed by atoms with Gasteiger partial charge in [0, 0.05) is 26.3 Å². The highest BCUT2D eigenvalue weighted by Crippen LogP contribution is 2.09. The van der Waals surface area contributed by atoms with Crippen molar-refractivity contribution in [1.29, 1.82) is 0 Å². The Labute approximate surface area is 80.8 Å². The maximum Gasteiger partial charge on any atom is 0.0746 e. The van der Waals surface area contributed by atoms with E-state index < -0.39 is 0 Å². The first-order valence-electron chi connectivity index (χ1n) is 5.00. The smallest absolute Gasteiger partial charge is 0.0746 e. The molecule has 13 heavy (non-hydrogen) atoms. The molecule has 1 aliphatic heterocycles. The van der Waals surface area contributed by atoms with E-state index in [2.05, 4.69) is 19.2 Å². The molecule has 0 aromatic rings. The summed E-state index contributed by atoms with van der Waals surface area (Å²) in [5.74, 6) is 0. The lowest BCUT2D eigenvalue weighted by Crippen LogP contribution is -2.45. The molecule has 1 rings (SSSR count). The van der Waals surface area contributed by atoms with Crippen LogP contribution in [0.3, 0.4) is 0 Å². The molecule has 0 aromatic carbocycles. The van der Waals surface area contributed by atoms with Crippen molar-refractivity contribution in [2.24, 2.45) is 0 Å². The third-order valence-corrected chi connectivity index (χ3v) is 2.53. The number of nitrogens with one attached hydrogen (secondary N) is 1. The Balaban J connectivity index is 2.17. The molecule has 1 atom stereocenters. The molecular weight excluding hydrogens is 166 g/mol. The van der Waals surface area contributed by atoms with Gasteiger partial charge in [-0.05, 0) is 26.7 Å². The summed E-state index contributed by atoms with van der Waals surface area (Å²) in [7, 11) is 1.75. The molecule has 3 nitrogen and oxygen atoms in total. The summed E-state index contributed by atoms with van der Waals surface area (Å²) < 4.78 is 10.7. The van der Waals surface area contributed by atoms with E-state index in [0.717, 1.165) is 19.8 Å². The minimum atomic E-state index is -0.0720. The summed E-state index contributed by atoms with van der Waals surface area (Å²) in [4.78, 5) is 0. The highest BCUT2D eigenvalue weighted by Gasteiger charge is 2.19. The topological polar surface area (TPSA) is 30.5 Å². The van der Waals surface area contributed by atoms with Crippen molar-refractivity contribution in [2.45, 2.75) is 38.3 Å². The summed E-state index contributed by atoms with van der Waals surface area (Å²) in [6.45, 7) is 6.83. The van der Waals surface area contributed by atoms with E-state index >= 15 is 0 Å². The minimum absolute atomic E-state index is 0.0720. The Morgan fingerprint density at radius 2 is 2.31 bits per heavy atom. The van der Waals surface area contributed by atoms with Gasteiger partial charge in [-0.1, -0.05) is 0 Å². The van der Waals surface area contributed by atoms with Crippen LogP contribution in [0.15, 0.2) is 0 Å². The zero-order chi connectivity index (χ0) is 9.73. The molecule has 1 N–H and O–H groups in total. The lowest BCUT2D eigenvalue weighted by molar-refractivity contribution is 0.0109.